The normalized spacial score (nSPS) is 19.9. The van der Waals surface area contributed by atoms with Gasteiger partial charge >= 0.3 is 18.0 Å². The van der Waals surface area contributed by atoms with E-state index >= 15 is 0 Å². The first-order chi connectivity index (χ1) is 22.5. The van der Waals surface area contributed by atoms with Gasteiger partial charge in [-0.15, -0.1) is 0 Å². The summed E-state index contributed by atoms with van der Waals surface area (Å²) >= 11 is 0. The molecular weight excluding hydrogens is 615 g/mol. The van der Waals surface area contributed by atoms with E-state index in [0.717, 1.165) is 48.8 Å². The number of hydrogen-bond donors (Lipinski definition) is 0. The Bertz CT molecular complexity index is 1660. The van der Waals surface area contributed by atoms with E-state index in [9.17, 15) is 23.3 Å². The molecule has 0 unspecified atom stereocenters. The number of rotatable bonds is 10. The Kier molecular flexibility index (Phi) is 9.26. The number of piperazine rings is 1. The summed E-state index contributed by atoms with van der Waals surface area (Å²) in [6, 6.07) is 21.7. The SMILES string of the molecule is C[C@@H]1CN(c2ccc(OC[C@H]3CCn4cc([N+](=O)[O-])nc4O3)cc2)[C@@H](C)CN1Cc1ccc(OCc2ccc(C(F)(F)F)cc2)cc1. The van der Waals surface area contributed by atoms with E-state index in [1.165, 1.54) is 18.3 Å². The molecule has 4 aromatic rings. The van der Waals surface area contributed by atoms with Crippen molar-refractivity contribution < 1.29 is 32.3 Å². The fraction of sp³-hybridized carbons (Fsp3) is 0.382. The van der Waals surface area contributed by atoms with Gasteiger partial charge in [0, 0.05) is 55.4 Å². The first-order valence-electron chi connectivity index (χ1n) is 15.5. The minimum atomic E-state index is -4.35. The van der Waals surface area contributed by atoms with Crippen LogP contribution in [-0.4, -0.2) is 57.3 Å². The van der Waals surface area contributed by atoms with Gasteiger partial charge in [-0.05, 0) is 78.4 Å². The van der Waals surface area contributed by atoms with E-state index < -0.39 is 16.7 Å². The van der Waals surface area contributed by atoms with Gasteiger partial charge in [-0.1, -0.05) is 24.3 Å². The third-order valence-corrected chi connectivity index (χ3v) is 8.59. The summed E-state index contributed by atoms with van der Waals surface area (Å²) in [5.41, 5.74) is 2.28. The Hall–Kier alpha value is -4.78. The second-order valence-electron chi connectivity index (χ2n) is 12.1. The number of imidazole rings is 1. The summed E-state index contributed by atoms with van der Waals surface area (Å²) in [6.45, 7) is 8.08. The van der Waals surface area contributed by atoms with E-state index in [-0.39, 0.29) is 30.6 Å². The quantitative estimate of drug-likeness (QED) is 0.138. The predicted octanol–water partition coefficient (Wildman–Crippen LogP) is 6.72. The molecular formula is C34H36F3N5O5. The highest BCUT2D eigenvalue weighted by Gasteiger charge is 2.31. The zero-order valence-electron chi connectivity index (χ0n) is 26.1. The largest absolute Gasteiger partial charge is 0.490 e. The van der Waals surface area contributed by atoms with Gasteiger partial charge in [-0.3, -0.25) is 9.47 Å². The molecule has 0 N–H and O–H groups in total. The summed E-state index contributed by atoms with van der Waals surface area (Å²) in [5.74, 6) is 1.17. The smallest absolute Gasteiger partial charge is 0.416 e. The first-order valence-corrected chi connectivity index (χ1v) is 15.5. The third kappa shape index (κ3) is 7.79. The van der Waals surface area contributed by atoms with Gasteiger partial charge in [-0.2, -0.15) is 13.2 Å². The molecule has 3 heterocycles. The van der Waals surface area contributed by atoms with E-state index in [2.05, 4.69) is 40.8 Å². The van der Waals surface area contributed by atoms with Crippen LogP contribution in [0.4, 0.5) is 24.7 Å². The van der Waals surface area contributed by atoms with Gasteiger partial charge in [0.15, 0.2) is 0 Å². The van der Waals surface area contributed by atoms with Crippen LogP contribution in [0.25, 0.3) is 0 Å². The van der Waals surface area contributed by atoms with Crippen molar-refractivity contribution in [2.24, 2.45) is 0 Å². The number of anilines is 1. The summed E-state index contributed by atoms with van der Waals surface area (Å²) in [6.07, 6.45) is -2.53. The number of ether oxygens (including phenoxy) is 3. The van der Waals surface area contributed by atoms with Crippen LogP contribution >= 0.6 is 0 Å². The molecule has 2 aliphatic rings. The number of halogens is 3. The van der Waals surface area contributed by atoms with Crippen molar-refractivity contribution in [2.75, 3.05) is 24.6 Å². The van der Waals surface area contributed by atoms with Gasteiger partial charge in [0.25, 0.3) is 0 Å². The van der Waals surface area contributed by atoms with Crippen molar-refractivity contribution in [1.82, 2.24) is 14.5 Å². The highest BCUT2D eigenvalue weighted by molar-refractivity contribution is 5.50. The summed E-state index contributed by atoms with van der Waals surface area (Å²) < 4.78 is 57.6. The van der Waals surface area contributed by atoms with Crippen LogP contribution in [0.15, 0.2) is 79.0 Å². The highest BCUT2D eigenvalue weighted by atomic mass is 19.4. The lowest BCUT2D eigenvalue weighted by molar-refractivity contribution is -0.389. The number of nitro groups is 1. The molecule has 1 aromatic heterocycles. The molecule has 248 valence electrons. The minimum absolute atomic E-state index is 0.192. The number of nitrogens with zero attached hydrogens (tertiary/aromatic N) is 5. The summed E-state index contributed by atoms with van der Waals surface area (Å²) in [4.78, 5) is 19.3. The molecule has 6 rings (SSSR count). The van der Waals surface area contributed by atoms with E-state index in [1.807, 2.05) is 36.4 Å². The van der Waals surface area contributed by atoms with Crippen LogP contribution < -0.4 is 19.1 Å². The van der Waals surface area contributed by atoms with E-state index in [0.29, 0.717) is 36.9 Å². The molecule has 0 saturated carbocycles. The molecule has 0 aliphatic carbocycles. The zero-order valence-corrected chi connectivity index (χ0v) is 26.1. The fourth-order valence-electron chi connectivity index (χ4n) is 5.92. The van der Waals surface area contributed by atoms with Gasteiger partial charge in [0.1, 0.15) is 37.0 Å². The second kappa shape index (κ2) is 13.5. The number of alkyl halides is 3. The monoisotopic (exact) mass is 651 g/mol. The molecule has 10 nitrogen and oxygen atoms in total. The third-order valence-electron chi connectivity index (χ3n) is 8.59. The van der Waals surface area contributed by atoms with Crippen molar-refractivity contribution in [2.45, 2.75) is 64.3 Å². The van der Waals surface area contributed by atoms with Crippen LogP contribution in [0.3, 0.4) is 0 Å². The Balaban J connectivity index is 0.963. The molecule has 0 spiro atoms. The van der Waals surface area contributed by atoms with Crippen LogP contribution in [0.1, 0.15) is 37.0 Å². The average Bonchev–Trinajstić information content (AvgIpc) is 3.49. The average molecular weight is 652 g/mol. The van der Waals surface area contributed by atoms with Crippen LogP contribution in [-0.2, 0) is 25.9 Å². The minimum Gasteiger partial charge on any atom is -0.490 e. The van der Waals surface area contributed by atoms with Gasteiger partial charge in [0.2, 0.25) is 0 Å². The second-order valence-corrected chi connectivity index (χ2v) is 12.1. The number of aryl methyl sites for hydroxylation is 1. The molecule has 1 fully saturated rings. The van der Waals surface area contributed by atoms with Crippen LogP contribution in [0.5, 0.6) is 17.5 Å². The predicted molar refractivity (Wildman–Crippen MR) is 169 cm³/mol. The molecule has 0 radical (unpaired) electrons. The molecule has 3 aromatic carbocycles. The zero-order chi connectivity index (χ0) is 33.1. The van der Waals surface area contributed by atoms with E-state index in [4.69, 9.17) is 14.2 Å². The standard InChI is InChI=1S/C34H36F3N5O5/c1-23-18-41(28-9-13-30(14-10-28)46-22-31-15-16-39-20-32(42(43)44)38-33(39)47-31)24(2)17-40(23)19-25-5-11-29(12-6-25)45-21-26-3-7-27(8-4-26)34(35,36)37/h3-14,20,23-24,31H,15-19,21-22H2,1-2H3/t23-,24+,31-/m1/s1. The van der Waals surface area contributed by atoms with Crippen LogP contribution in [0, 0.1) is 10.1 Å². The van der Waals surface area contributed by atoms with Crippen molar-refractivity contribution in [3.63, 3.8) is 0 Å². The van der Waals surface area contributed by atoms with Crippen LogP contribution in [0.2, 0.25) is 0 Å². The molecule has 47 heavy (non-hydrogen) atoms. The Morgan fingerprint density at radius 1 is 0.915 bits per heavy atom. The lowest BCUT2D eigenvalue weighted by Crippen LogP contribution is -2.56. The maximum atomic E-state index is 12.8. The molecule has 3 atom stereocenters. The first kappa shape index (κ1) is 32.2. The lowest BCUT2D eigenvalue weighted by Gasteiger charge is -2.45. The lowest BCUT2D eigenvalue weighted by atomic mass is 10.1. The van der Waals surface area contributed by atoms with Crippen molar-refractivity contribution >= 4 is 11.5 Å². The van der Waals surface area contributed by atoms with Crippen molar-refractivity contribution in [3.8, 4) is 17.5 Å². The number of hydrogen-bond acceptors (Lipinski definition) is 8. The molecule has 13 heteroatoms. The topological polar surface area (TPSA) is 95.1 Å². The van der Waals surface area contributed by atoms with Crippen molar-refractivity contribution in [3.05, 3.63) is 106 Å². The van der Waals surface area contributed by atoms with Gasteiger partial charge < -0.3 is 29.2 Å². The Morgan fingerprint density at radius 2 is 1.57 bits per heavy atom. The Labute approximate surface area is 270 Å². The maximum Gasteiger partial charge on any atom is 0.416 e. The van der Waals surface area contributed by atoms with Gasteiger partial charge in [-0.25, -0.2) is 0 Å². The molecule has 0 amide bonds. The van der Waals surface area contributed by atoms with Crippen molar-refractivity contribution in [1.29, 1.82) is 0 Å². The van der Waals surface area contributed by atoms with Gasteiger partial charge in [0.05, 0.1) is 5.56 Å². The molecule has 2 aliphatic heterocycles. The summed E-state index contributed by atoms with van der Waals surface area (Å²) in [7, 11) is 0. The maximum absolute atomic E-state index is 12.8. The number of benzene rings is 3. The number of fused-ring (bicyclic) bond motifs is 1. The number of aromatic nitrogens is 2. The molecule has 1 saturated heterocycles. The molecule has 0 bridgehead atoms. The Morgan fingerprint density at radius 3 is 2.26 bits per heavy atom. The highest BCUT2D eigenvalue weighted by Crippen LogP contribution is 2.30. The fourth-order valence-corrected chi connectivity index (χ4v) is 5.92. The summed E-state index contributed by atoms with van der Waals surface area (Å²) in [5, 5.41) is 11.0. The van der Waals surface area contributed by atoms with E-state index in [1.54, 1.807) is 4.57 Å².